The number of rotatable bonds is 8. The van der Waals surface area contributed by atoms with Crippen LogP contribution in [-0.2, 0) is 4.79 Å². The van der Waals surface area contributed by atoms with E-state index in [-0.39, 0.29) is 11.9 Å². The van der Waals surface area contributed by atoms with E-state index in [0.29, 0.717) is 19.0 Å². The van der Waals surface area contributed by atoms with Gasteiger partial charge in [-0.15, -0.1) is 0 Å². The number of benzene rings is 1. The highest BCUT2D eigenvalue weighted by Gasteiger charge is 2.16. The zero-order chi connectivity index (χ0) is 21.2. The van der Waals surface area contributed by atoms with E-state index in [9.17, 15) is 4.79 Å². The first kappa shape index (κ1) is 22.4. The summed E-state index contributed by atoms with van der Waals surface area (Å²) >= 11 is 0. The highest BCUT2D eigenvalue weighted by atomic mass is 16.1. The molecule has 2 fully saturated rings. The maximum absolute atomic E-state index is 12.2. The first-order valence-electron chi connectivity index (χ1n) is 11.8. The van der Waals surface area contributed by atoms with Gasteiger partial charge in [-0.05, 0) is 57.2 Å². The minimum absolute atomic E-state index is 0.118. The zero-order valence-corrected chi connectivity index (χ0v) is 18.8. The fraction of sp³-hybridized carbons (Fsp3) is 0.667. The minimum atomic E-state index is 0.118. The van der Waals surface area contributed by atoms with Crippen molar-refractivity contribution in [2.75, 3.05) is 31.1 Å². The fourth-order valence-corrected chi connectivity index (χ4v) is 4.39. The molecule has 1 unspecified atom stereocenters. The van der Waals surface area contributed by atoms with Crippen LogP contribution in [-0.4, -0.2) is 44.1 Å². The number of nitrogens with zero attached hydrogens (tertiary/aromatic N) is 2. The highest BCUT2D eigenvalue weighted by molar-refractivity contribution is 5.81. The van der Waals surface area contributed by atoms with Gasteiger partial charge in [0.1, 0.15) is 0 Å². The molecular weight excluding hydrogens is 374 g/mol. The molecule has 1 aliphatic carbocycles. The van der Waals surface area contributed by atoms with E-state index in [2.05, 4.69) is 64.0 Å². The van der Waals surface area contributed by atoms with Gasteiger partial charge >= 0.3 is 0 Å². The molecule has 0 radical (unpaired) electrons. The van der Waals surface area contributed by atoms with Crippen molar-refractivity contribution >= 4 is 17.6 Å². The number of aliphatic imine (C=N–C) groups is 1. The van der Waals surface area contributed by atoms with Crippen molar-refractivity contribution in [2.24, 2.45) is 4.99 Å². The third-order valence-corrected chi connectivity index (χ3v) is 6.12. The SMILES string of the molecule is CCNC(=NCCC(=O)NC1CCCCC1)NC(C)c1cccc(N2CCCC2)c1. The van der Waals surface area contributed by atoms with Crippen molar-refractivity contribution in [1.29, 1.82) is 0 Å². The molecule has 166 valence electrons. The number of nitrogens with one attached hydrogen (secondary N) is 3. The van der Waals surface area contributed by atoms with E-state index in [4.69, 9.17) is 0 Å². The topological polar surface area (TPSA) is 68.8 Å². The summed E-state index contributed by atoms with van der Waals surface area (Å²) in [4.78, 5) is 19.3. The van der Waals surface area contributed by atoms with Gasteiger partial charge in [-0.1, -0.05) is 31.4 Å². The molecule has 2 aliphatic rings. The molecule has 1 saturated carbocycles. The molecular formula is C24H39N5O. The Hall–Kier alpha value is -2.24. The van der Waals surface area contributed by atoms with E-state index in [1.54, 1.807) is 0 Å². The lowest BCUT2D eigenvalue weighted by Gasteiger charge is -2.23. The van der Waals surface area contributed by atoms with E-state index in [1.807, 2.05) is 0 Å². The van der Waals surface area contributed by atoms with Crippen LogP contribution in [0.4, 0.5) is 5.69 Å². The van der Waals surface area contributed by atoms with Crippen LogP contribution in [0.25, 0.3) is 0 Å². The van der Waals surface area contributed by atoms with Gasteiger partial charge in [0.05, 0.1) is 12.6 Å². The summed E-state index contributed by atoms with van der Waals surface area (Å²) in [6.45, 7) is 7.81. The lowest BCUT2D eigenvalue weighted by atomic mass is 9.95. The molecule has 1 aromatic carbocycles. The smallest absolute Gasteiger partial charge is 0.222 e. The van der Waals surface area contributed by atoms with Crippen LogP contribution in [0.1, 0.15) is 76.8 Å². The summed E-state index contributed by atoms with van der Waals surface area (Å²) in [5.74, 6) is 0.884. The van der Waals surface area contributed by atoms with Crippen LogP contribution >= 0.6 is 0 Å². The fourth-order valence-electron chi connectivity index (χ4n) is 4.39. The monoisotopic (exact) mass is 413 g/mol. The molecule has 1 saturated heterocycles. The molecule has 3 N–H and O–H groups in total. The Labute approximate surface area is 181 Å². The van der Waals surface area contributed by atoms with Crippen LogP contribution in [0.2, 0.25) is 0 Å². The number of carbonyl (C=O) groups excluding carboxylic acids is 1. The van der Waals surface area contributed by atoms with Crippen LogP contribution in [0.5, 0.6) is 0 Å². The van der Waals surface area contributed by atoms with Gasteiger partial charge < -0.3 is 20.9 Å². The summed E-state index contributed by atoms with van der Waals surface area (Å²) in [6, 6.07) is 9.29. The summed E-state index contributed by atoms with van der Waals surface area (Å²) in [6.07, 6.45) is 9.00. The quantitative estimate of drug-likeness (QED) is 0.449. The molecule has 30 heavy (non-hydrogen) atoms. The van der Waals surface area contributed by atoms with Crippen LogP contribution in [0, 0.1) is 0 Å². The van der Waals surface area contributed by atoms with Crippen molar-refractivity contribution in [3.05, 3.63) is 29.8 Å². The molecule has 1 atom stereocenters. The van der Waals surface area contributed by atoms with E-state index in [0.717, 1.165) is 38.4 Å². The Morgan fingerprint density at radius 2 is 1.93 bits per heavy atom. The molecule has 3 rings (SSSR count). The summed E-state index contributed by atoms with van der Waals surface area (Å²) in [5, 5.41) is 9.97. The molecule has 0 aromatic heterocycles. The van der Waals surface area contributed by atoms with Crippen LogP contribution in [0.15, 0.2) is 29.3 Å². The average molecular weight is 414 g/mol. The maximum atomic E-state index is 12.2. The number of hydrogen-bond acceptors (Lipinski definition) is 3. The number of hydrogen-bond donors (Lipinski definition) is 3. The van der Waals surface area contributed by atoms with Gasteiger partial charge in [0.2, 0.25) is 5.91 Å². The van der Waals surface area contributed by atoms with Crippen LogP contribution < -0.4 is 20.9 Å². The minimum Gasteiger partial charge on any atom is -0.372 e. The second-order valence-corrected chi connectivity index (χ2v) is 8.57. The molecule has 1 heterocycles. The summed E-state index contributed by atoms with van der Waals surface area (Å²) in [5.41, 5.74) is 2.56. The van der Waals surface area contributed by atoms with Gasteiger partial charge in [0.15, 0.2) is 5.96 Å². The second-order valence-electron chi connectivity index (χ2n) is 8.57. The predicted octanol–water partition coefficient (Wildman–Crippen LogP) is 3.74. The van der Waals surface area contributed by atoms with Crippen molar-refractivity contribution in [1.82, 2.24) is 16.0 Å². The molecule has 6 heteroatoms. The normalized spacial score (nSPS) is 18.9. The van der Waals surface area contributed by atoms with Gasteiger partial charge in [-0.2, -0.15) is 0 Å². The highest BCUT2D eigenvalue weighted by Crippen LogP contribution is 2.24. The van der Waals surface area contributed by atoms with Gasteiger partial charge in [0, 0.05) is 37.8 Å². The lowest BCUT2D eigenvalue weighted by molar-refractivity contribution is -0.121. The summed E-state index contributed by atoms with van der Waals surface area (Å²) < 4.78 is 0. The van der Waals surface area contributed by atoms with E-state index >= 15 is 0 Å². The Bertz CT molecular complexity index is 693. The molecule has 0 bridgehead atoms. The first-order valence-corrected chi connectivity index (χ1v) is 11.8. The van der Waals surface area contributed by atoms with Gasteiger partial charge in [0.25, 0.3) is 0 Å². The first-order chi connectivity index (χ1) is 14.7. The van der Waals surface area contributed by atoms with Crippen molar-refractivity contribution in [3.8, 4) is 0 Å². The second kappa shape index (κ2) is 11.8. The molecule has 1 aromatic rings. The molecule has 1 aliphatic heterocycles. The van der Waals surface area contributed by atoms with Gasteiger partial charge in [-0.25, -0.2) is 0 Å². The van der Waals surface area contributed by atoms with Crippen molar-refractivity contribution < 1.29 is 4.79 Å². The Morgan fingerprint density at radius 3 is 2.67 bits per heavy atom. The van der Waals surface area contributed by atoms with E-state index < -0.39 is 0 Å². The molecule has 1 amide bonds. The standard InChI is InChI=1S/C24H39N5O/c1-3-25-24(26-15-14-23(30)28-21-11-5-4-6-12-21)27-19(2)20-10-9-13-22(18-20)29-16-7-8-17-29/h9-10,13,18-19,21H,3-8,11-12,14-17H2,1-2H3,(H,28,30)(H2,25,26,27). The molecule has 6 nitrogen and oxygen atoms in total. The average Bonchev–Trinajstić information content (AvgIpc) is 3.30. The Balaban J connectivity index is 1.51. The Morgan fingerprint density at radius 1 is 1.17 bits per heavy atom. The van der Waals surface area contributed by atoms with Gasteiger partial charge in [-0.3, -0.25) is 9.79 Å². The largest absolute Gasteiger partial charge is 0.372 e. The molecule has 0 spiro atoms. The third kappa shape index (κ3) is 6.92. The number of amides is 1. The Kier molecular flexibility index (Phi) is 8.84. The van der Waals surface area contributed by atoms with E-state index in [1.165, 1.54) is 43.4 Å². The predicted molar refractivity (Wildman–Crippen MR) is 125 cm³/mol. The van der Waals surface area contributed by atoms with Crippen LogP contribution in [0.3, 0.4) is 0 Å². The number of carbonyl (C=O) groups is 1. The van der Waals surface area contributed by atoms with Crippen molar-refractivity contribution in [3.63, 3.8) is 0 Å². The number of guanidine groups is 1. The number of anilines is 1. The zero-order valence-electron chi connectivity index (χ0n) is 18.8. The lowest BCUT2D eigenvalue weighted by Crippen LogP contribution is -2.39. The maximum Gasteiger partial charge on any atom is 0.222 e. The summed E-state index contributed by atoms with van der Waals surface area (Å²) in [7, 11) is 0. The van der Waals surface area contributed by atoms with Crippen molar-refractivity contribution in [2.45, 2.75) is 77.3 Å². The third-order valence-electron chi connectivity index (χ3n) is 6.12.